The SMILES string of the molecule is COc1ccc(OC)c(/C=C/C(=O)N2CCC3(CC2)CC(=O)c2cc(C)c(C)cc2O3)c1. The van der Waals surface area contributed by atoms with Gasteiger partial charge < -0.3 is 19.1 Å². The molecule has 0 aliphatic carbocycles. The standard InChI is InChI=1S/C26H29NO5/c1-17-13-21-22(28)16-26(32-24(21)14-18(17)2)9-11-27(12-10-26)25(29)8-5-19-15-20(30-3)6-7-23(19)31-4/h5-8,13-15H,9-12,16H2,1-4H3/b8-5+. The van der Waals surface area contributed by atoms with Gasteiger partial charge >= 0.3 is 0 Å². The van der Waals surface area contributed by atoms with Gasteiger partial charge in [-0.05, 0) is 61.4 Å². The lowest BCUT2D eigenvalue weighted by atomic mass is 9.82. The van der Waals surface area contributed by atoms with E-state index in [-0.39, 0.29) is 11.7 Å². The largest absolute Gasteiger partial charge is 0.497 e. The Labute approximate surface area is 188 Å². The van der Waals surface area contributed by atoms with Crippen molar-refractivity contribution in [2.24, 2.45) is 0 Å². The number of amides is 1. The monoisotopic (exact) mass is 435 g/mol. The molecule has 1 amide bonds. The summed E-state index contributed by atoms with van der Waals surface area (Å²) in [6.07, 6.45) is 4.93. The highest BCUT2D eigenvalue weighted by atomic mass is 16.5. The van der Waals surface area contributed by atoms with Crippen molar-refractivity contribution in [1.29, 1.82) is 0 Å². The first-order valence-corrected chi connectivity index (χ1v) is 10.9. The zero-order valence-corrected chi connectivity index (χ0v) is 19.1. The van der Waals surface area contributed by atoms with Crippen LogP contribution in [0.4, 0.5) is 0 Å². The van der Waals surface area contributed by atoms with E-state index in [1.54, 1.807) is 31.3 Å². The van der Waals surface area contributed by atoms with Gasteiger partial charge in [0.2, 0.25) is 5.91 Å². The van der Waals surface area contributed by atoms with Crippen molar-refractivity contribution >= 4 is 17.8 Å². The van der Waals surface area contributed by atoms with E-state index in [0.29, 0.717) is 55.2 Å². The Morgan fingerprint density at radius 1 is 1.06 bits per heavy atom. The first-order valence-electron chi connectivity index (χ1n) is 10.9. The first kappa shape index (κ1) is 21.9. The van der Waals surface area contributed by atoms with Gasteiger partial charge in [-0.25, -0.2) is 0 Å². The lowest BCUT2D eigenvalue weighted by molar-refractivity contribution is -0.129. The number of aryl methyl sites for hydroxylation is 2. The second kappa shape index (κ2) is 8.69. The highest BCUT2D eigenvalue weighted by Gasteiger charge is 2.43. The predicted molar refractivity (Wildman–Crippen MR) is 123 cm³/mol. The number of rotatable bonds is 4. The van der Waals surface area contributed by atoms with Gasteiger partial charge in [0.1, 0.15) is 22.8 Å². The van der Waals surface area contributed by atoms with E-state index in [1.807, 2.05) is 44.2 Å². The van der Waals surface area contributed by atoms with Crippen LogP contribution < -0.4 is 14.2 Å². The zero-order valence-electron chi connectivity index (χ0n) is 19.1. The van der Waals surface area contributed by atoms with E-state index >= 15 is 0 Å². The second-order valence-corrected chi connectivity index (χ2v) is 8.58. The fourth-order valence-corrected chi connectivity index (χ4v) is 4.40. The van der Waals surface area contributed by atoms with Crippen LogP contribution in [0.2, 0.25) is 0 Å². The highest BCUT2D eigenvalue weighted by Crippen LogP contribution is 2.40. The number of carbonyl (C=O) groups is 2. The molecule has 2 aromatic rings. The Morgan fingerprint density at radius 3 is 2.47 bits per heavy atom. The summed E-state index contributed by atoms with van der Waals surface area (Å²) in [5, 5.41) is 0. The number of benzene rings is 2. The number of fused-ring (bicyclic) bond motifs is 1. The summed E-state index contributed by atoms with van der Waals surface area (Å²) in [6.45, 7) is 5.12. The molecule has 0 atom stereocenters. The number of ether oxygens (including phenoxy) is 3. The molecule has 168 valence electrons. The van der Waals surface area contributed by atoms with Crippen LogP contribution in [0, 0.1) is 13.8 Å². The summed E-state index contributed by atoms with van der Waals surface area (Å²) in [5.74, 6) is 2.10. The van der Waals surface area contributed by atoms with Crippen molar-refractivity contribution in [1.82, 2.24) is 4.90 Å². The Bertz CT molecular complexity index is 1080. The van der Waals surface area contributed by atoms with E-state index < -0.39 is 5.60 Å². The summed E-state index contributed by atoms with van der Waals surface area (Å²) in [6, 6.07) is 9.35. The van der Waals surface area contributed by atoms with Crippen molar-refractivity contribution in [2.75, 3.05) is 27.3 Å². The molecule has 1 fully saturated rings. The van der Waals surface area contributed by atoms with Crippen molar-refractivity contribution in [3.8, 4) is 17.2 Å². The normalized spacial score (nSPS) is 17.2. The fourth-order valence-electron chi connectivity index (χ4n) is 4.40. The minimum absolute atomic E-state index is 0.0706. The molecule has 0 radical (unpaired) electrons. The summed E-state index contributed by atoms with van der Waals surface area (Å²) in [5.41, 5.74) is 3.13. The van der Waals surface area contributed by atoms with Crippen LogP contribution in [0.1, 0.15) is 46.3 Å². The molecule has 2 aliphatic heterocycles. The van der Waals surface area contributed by atoms with Crippen LogP contribution in [0.25, 0.3) is 6.08 Å². The Hall–Kier alpha value is -3.28. The fraction of sp³-hybridized carbons (Fsp3) is 0.385. The lowest BCUT2D eigenvalue weighted by Crippen LogP contribution is -2.52. The summed E-state index contributed by atoms with van der Waals surface area (Å²) >= 11 is 0. The van der Waals surface area contributed by atoms with E-state index in [1.165, 1.54) is 0 Å². The van der Waals surface area contributed by atoms with Gasteiger partial charge in [0.05, 0.1) is 26.2 Å². The van der Waals surface area contributed by atoms with Crippen molar-refractivity contribution < 1.29 is 23.8 Å². The maximum atomic E-state index is 12.8. The Balaban J connectivity index is 1.44. The second-order valence-electron chi connectivity index (χ2n) is 8.58. The van der Waals surface area contributed by atoms with Gasteiger partial charge in [-0.15, -0.1) is 0 Å². The Morgan fingerprint density at radius 2 is 1.78 bits per heavy atom. The number of Topliss-reactive ketones (excluding diaryl/α,β-unsaturated/α-hetero) is 1. The number of carbonyl (C=O) groups excluding carboxylic acids is 2. The van der Waals surface area contributed by atoms with E-state index in [4.69, 9.17) is 14.2 Å². The van der Waals surface area contributed by atoms with Gasteiger partial charge in [0.15, 0.2) is 5.78 Å². The van der Waals surface area contributed by atoms with Crippen molar-refractivity contribution in [2.45, 2.75) is 38.7 Å². The van der Waals surface area contributed by atoms with Crippen LogP contribution in [-0.2, 0) is 4.79 Å². The molecule has 6 heteroatoms. The average molecular weight is 436 g/mol. The number of ketones is 1. The van der Waals surface area contributed by atoms with Gasteiger partial charge in [-0.3, -0.25) is 9.59 Å². The number of methoxy groups -OCH3 is 2. The molecular formula is C26H29NO5. The zero-order chi connectivity index (χ0) is 22.9. The van der Waals surface area contributed by atoms with Crippen LogP contribution >= 0.6 is 0 Å². The maximum absolute atomic E-state index is 12.8. The van der Waals surface area contributed by atoms with Crippen LogP contribution in [0.15, 0.2) is 36.4 Å². The number of likely N-dealkylation sites (tertiary alicyclic amines) is 1. The molecular weight excluding hydrogens is 406 g/mol. The predicted octanol–water partition coefficient (Wildman–Crippen LogP) is 4.36. The molecule has 2 aliphatic rings. The van der Waals surface area contributed by atoms with Crippen molar-refractivity contribution in [3.05, 3.63) is 58.7 Å². The number of piperidine rings is 1. The van der Waals surface area contributed by atoms with Crippen LogP contribution in [0.3, 0.4) is 0 Å². The molecule has 0 bridgehead atoms. The first-order chi connectivity index (χ1) is 15.3. The Kier molecular flexibility index (Phi) is 5.96. The van der Waals surface area contributed by atoms with Crippen LogP contribution in [0.5, 0.6) is 17.2 Å². The lowest BCUT2D eigenvalue weighted by Gasteiger charge is -2.44. The van der Waals surface area contributed by atoms with E-state index in [2.05, 4.69) is 0 Å². The molecule has 2 aromatic carbocycles. The maximum Gasteiger partial charge on any atom is 0.246 e. The summed E-state index contributed by atoms with van der Waals surface area (Å²) < 4.78 is 17.0. The number of hydrogen-bond donors (Lipinski definition) is 0. The molecule has 0 aromatic heterocycles. The smallest absolute Gasteiger partial charge is 0.246 e. The van der Waals surface area contributed by atoms with Gasteiger partial charge in [0, 0.05) is 37.6 Å². The third kappa shape index (κ3) is 4.22. The third-order valence-electron chi connectivity index (χ3n) is 6.53. The molecule has 0 saturated carbocycles. The topological polar surface area (TPSA) is 65.1 Å². The quantitative estimate of drug-likeness (QED) is 0.668. The molecule has 1 spiro atoms. The highest BCUT2D eigenvalue weighted by molar-refractivity contribution is 6.00. The van der Waals surface area contributed by atoms with Gasteiger partial charge in [-0.1, -0.05) is 0 Å². The minimum atomic E-state index is -0.526. The summed E-state index contributed by atoms with van der Waals surface area (Å²) in [7, 11) is 3.19. The van der Waals surface area contributed by atoms with E-state index in [9.17, 15) is 9.59 Å². The van der Waals surface area contributed by atoms with Crippen molar-refractivity contribution in [3.63, 3.8) is 0 Å². The molecule has 32 heavy (non-hydrogen) atoms. The van der Waals surface area contributed by atoms with Crippen LogP contribution in [-0.4, -0.2) is 49.5 Å². The number of hydrogen-bond acceptors (Lipinski definition) is 5. The molecule has 0 unspecified atom stereocenters. The molecule has 2 heterocycles. The molecule has 4 rings (SSSR count). The van der Waals surface area contributed by atoms with E-state index in [0.717, 1.165) is 16.7 Å². The molecule has 6 nitrogen and oxygen atoms in total. The summed E-state index contributed by atoms with van der Waals surface area (Å²) in [4.78, 5) is 27.4. The molecule has 0 N–H and O–H groups in total. The minimum Gasteiger partial charge on any atom is -0.497 e. The third-order valence-corrected chi connectivity index (χ3v) is 6.53. The van der Waals surface area contributed by atoms with Gasteiger partial charge in [0.25, 0.3) is 0 Å². The average Bonchev–Trinajstić information content (AvgIpc) is 2.79. The molecule has 1 saturated heterocycles. The van der Waals surface area contributed by atoms with Gasteiger partial charge in [-0.2, -0.15) is 0 Å². The number of nitrogens with zero attached hydrogens (tertiary/aromatic N) is 1.